The van der Waals surface area contributed by atoms with E-state index in [1.807, 2.05) is 18.2 Å². The number of rotatable bonds is 3. The summed E-state index contributed by atoms with van der Waals surface area (Å²) >= 11 is 0. The van der Waals surface area contributed by atoms with E-state index in [4.69, 9.17) is 10.5 Å². The van der Waals surface area contributed by atoms with E-state index in [2.05, 4.69) is 0 Å². The van der Waals surface area contributed by atoms with Crippen molar-refractivity contribution in [1.29, 1.82) is 0 Å². The second-order valence-electron chi connectivity index (χ2n) is 4.06. The molecule has 0 spiro atoms. The molecule has 3 nitrogen and oxygen atoms in total. The standard InChI is InChI=1S/C12H15NO2/c13-11-6-9(7-11)8-15-12(14)10-4-2-1-3-5-10/h1-5,9,11H,6-8,13H2. The topological polar surface area (TPSA) is 52.3 Å². The first kappa shape index (κ1) is 10.2. The summed E-state index contributed by atoms with van der Waals surface area (Å²) in [7, 11) is 0. The third kappa shape index (κ3) is 2.57. The molecule has 0 bridgehead atoms. The first-order chi connectivity index (χ1) is 7.25. The Balaban J connectivity index is 1.78. The van der Waals surface area contributed by atoms with Crippen LogP contribution in [0.3, 0.4) is 0 Å². The Hall–Kier alpha value is -1.35. The van der Waals surface area contributed by atoms with E-state index in [-0.39, 0.29) is 5.97 Å². The van der Waals surface area contributed by atoms with E-state index in [1.54, 1.807) is 12.1 Å². The Labute approximate surface area is 89.2 Å². The van der Waals surface area contributed by atoms with E-state index >= 15 is 0 Å². The predicted molar refractivity (Wildman–Crippen MR) is 57.4 cm³/mol. The average Bonchev–Trinajstić information content (AvgIpc) is 2.23. The minimum absolute atomic E-state index is 0.240. The highest BCUT2D eigenvalue weighted by Gasteiger charge is 2.26. The van der Waals surface area contributed by atoms with Gasteiger partial charge in [-0.25, -0.2) is 4.79 Å². The van der Waals surface area contributed by atoms with E-state index < -0.39 is 0 Å². The molecule has 0 amide bonds. The average molecular weight is 205 g/mol. The lowest BCUT2D eigenvalue weighted by Gasteiger charge is -2.31. The van der Waals surface area contributed by atoms with Gasteiger partial charge in [0.15, 0.2) is 0 Å². The summed E-state index contributed by atoms with van der Waals surface area (Å²) in [6.07, 6.45) is 1.95. The van der Waals surface area contributed by atoms with Crippen LogP contribution in [0, 0.1) is 5.92 Å². The maximum absolute atomic E-state index is 11.5. The Bertz CT molecular complexity index is 331. The molecule has 2 N–H and O–H groups in total. The van der Waals surface area contributed by atoms with Crippen LogP contribution in [0.4, 0.5) is 0 Å². The normalized spacial score (nSPS) is 24.3. The molecule has 15 heavy (non-hydrogen) atoms. The van der Waals surface area contributed by atoms with Crippen LogP contribution >= 0.6 is 0 Å². The van der Waals surface area contributed by atoms with Gasteiger partial charge < -0.3 is 10.5 Å². The van der Waals surface area contributed by atoms with Crippen molar-refractivity contribution in [2.24, 2.45) is 11.7 Å². The number of carbonyl (C=O) groups excluding carboxylic acids is 1. The molecule has 1 aromatic rings. The molecule has 1 fully saturated rings. The highest BCUT2D eigenvalue weighted by molar-refractivity contribution is 5.89. The highest BCUT2D eigenvalue weighted by Crippen LogP contribution is 2.25. The lowest BCUT2D eigenvalue weighted by Crippen LogP contribution is -2.38. The van der Waals surface area contributed by atoms with Gasteiger partial charge in [0, 0.05) is 6.04 Å². The van der Waals surface area contributed by atoms with Crippen molar-refractivity contribution in [3.8, 4) is 0 Å². The largest absolute Gasteiger partial charge is 0.462 e. The summed E-state index contributed by atoms with van der Waals surface area (Å²) in [5.41, 5.74) is 6.26. The lowest BCUT2D eigenvalue weighted by molar-refractivity contribution is 0.0348. The van der Waals surface area contributed by atoms with Gasteiger partial charge in [-0.3, -0.25) is 0 Å². The molecule has 0 heterocycles. The van der Waals surface area contributed by atoms with Crippen molar-refractivity contribution in [3.05, 3.63) is 35.9 Å². The molecule has 80 valence electrons. The number of hydrogen-bond donors (Lipinski definition) is 1. The minimum Gasteiger partial charge on any atom is -0.462 e. The van der Waals surface area contributed by atoms with Gasteiger partial charge in [0.25, 0.3) is 0 Å². The van der Waals surface area contributed by atoms with Crippen LogP contribution in [0.25, 0.3) is 0 Å². The van der Waals surface area contributed by atoms with Crippen LogP contribution in [-0.4, -0.2) is 18.6 Å². The summed E-state index contributed by atoms with van der Waals surface area (Å²) in [5, 5.41) is 0. The van der Waals surface area contributed by atoms with E-state index in [1.165, 1.54) is 0 Å². The molecule has 1 aromatic carbocycles. The maximum atomic E-state index is 11.5. The number of ether oxygens (including phenoxy) is 1. The van der Waals surface area contributed by atoms with Gasteiger partial charge in [-0.1, -0.05) is 18.2 Å². The molecular formula is C12H15NO2. The third-order valence-corrected chi connectivity index (χ3v) is 2.73. The number of nitrogens with two attached hydrogens (primary N) is 1. The summed E-state index contributed by atoms with van der Waals surface area (Å²) in [6, 6.07) is 9.36. The molecule has 3 heteroatoms. The fourth-order valence-corrected chi connectivity index (χ4v) is 1.77. The van der Waals surface area contributed by atoms with Crippen molar-refractivity contribution < 1.29 is 9.53 Å². The van der Waals surface area contributed by atoms with Crippen molar-refractivity contribution in [2.75, 3.05) is 6.61 Å². The Morgan fingerprint density at radius 1 is 1.33 bits per heavy atom. The van der Waals surface area contributed by atoms with Crippen LogP contribution in [0.1, 0.15) is 23.2 Å². The van der Waals surface area contributed by atoms with Crippen molar-refractivity contribution in [2.45, 2.75) is 18.9 Å². The molecule has 2 rings (SSSR count). The zero-order valence-corrected chi connectivity index (χ0v) is 8.56. The van der Waals surface area contributed by atoms with Crippen LogP contribution in [-0.2, 0) is 4.74 Å². The van der Waals surface area contributed by atoms with Crippen LogP contribution < -0.4 is 5.73 Å². The molecule has 0 aliphatic heterocycles. The predicted octanol–water partition coefficient (Wildman–Crippen LogP) is 1.58. The molecule has 0 atom stereocenters. The molecule has 1 saturated carbocycles. The van der Waals surface area contributed by atoms with Crippen molar-refractivity contribution in [3.63, 3.8) is 0 Å². The summed E-state index contributed by atoms with van der Waals surface area (Å²) in [4.78, 5) is 11.5. The summed E-state index contributed by atoms with van der Waals surface area (Å²) in [5.74, 6) is 0.226. The zero-order chi connectivity index (χ0) is 10.7. The van der Waals surface area contributed by atoms with Crippen molar-refractivity contribution in [1.82, 2.24) is 0 Å². The fraction of sp³-hybridized carbons (Fsp3) is 0.417. The van der Waals surface area contributed by atoms with Gasteiger partial charge in [-0.15, -0.1) is 0 Å². The molecular weight excluding hydrogens is 190 g/mol. The number of esters is 1. The minimum atomic E-state index is -0.240. The molecule has 0 saturated heterocycles. The number of hydrogen-bond acceptors (Lipinski definition) is 3. The monoisotopic (exact) mass is 205 g/mol. The Morgan fingerprint density at radius 3 is 2.60 bits per heavy atom. The Kier molecular flexibility index (Phi) is 3.02. The third-order valence-electron chi connectivity index (χ3n) is 2.73. The zero-order valence-electron chi connectivity index (χ0n) is 8.56. The Morgan fingerprint density at radius 2 is 2.00 bits per heavy atom. The summed E-state index contributed by atoms with van der Waals surface area (Å²) < 4.78 is 5.19. The second-order valence-corrected chi connectivity index (χ2v) is 4.06. The first-order valence-corrected chi connectivity index (χ1v) is 5.23. The van der Waals surface area contributed by atoms with E-state index in [0.717, 1.165) is 12.8 Å². The van der Waals surface area contributed by atoms with Gasteiger partial charge in [0.05, 0.1) is 12.2 Å². The van der Waals surface area contributed by atoms with E-state index in [0.29, 0.717) is 24.1 Å². The second kappa shape index (κ2) is 4.45. The molecule has 1 aliphatic rings. The summed E-state index contributed by atoms with van der Waals surface area (Å²) in [6.45, 7) is 0.501. The van der Waals surface area contributed by atoms with Gasteiger partial charge in [0.1, 0.15) is 0 Å². The molecule has 1 aliphatic carbocycles. The molecule has 0 radical (unpaired) electrons. The van der Waals surface area contributed by atoms with Gasteiger partial charge in [-0.2, -0.15) is 0 Å². The molecule has 0 aromatic heterocycles. The fourth-order valence-electron chi connectivity index (χ4n) is 1.77. The maximum Gasteiger partial charge on any atom is 0.338 e. The smallest absolute Gasteiger partial charge is 0.338 e. The highest BCUT2D eigenvalue weighted by atomic mass is 16.5. The number of carbonyl (C=O) groups is 1. The van der Waals surface area contributed by atoms with Gasteiger partial charge >= 0.3 is 5.97 Å². The number of benzene rings is 1. The van der Waals surface area contributed by atoms with E-state index in [9.17, 15) is 4.79 Å². The molecule has 0 unspecified atom stereocenters. The van der Waals surface area contributed by atoms with Gasteiger partial charge in [-0.05, 0) is 30.9 Å². The van der Waals surface area contributed by atoms with Crippen LogP contribution in [0.5, 0.6) is 0 Å². The quantitative estimate of drug-likeness (QED) is 0.762. The SMILES string of the molecule is NC1CC(COC(=O)c2ccccc2)C1. The van der Waals surface area contributed by atoms with Gasteiger partial charge in [0.2, 0.25) is 0 Å². The first-order valence-electron chi connectivity index (χ1n) is 5.23. The van der Waals surface area contributed by atoms with Crippen molar-refractivity contribution >= 4 is 5.97 Å². The lowest BCUT2D eigenvalue weighted by atomic mass is 9.82. The van der Waals surface area contributed by atoms with Crippen LogP contribution in [0.15, 0.2) is 30.3 Å². The van der Waals surface area contributed by atoms with Crippen LogP contribution in [0.2, 0.25) is 0 Å².